The Balaban J connectivity index is 2.51. The van der Waals surface area contributed by atoms with Gasteiger partial charge in [0.05, 0.1) is 5.60 Å². The van der Waals surface area contributed by atoms with Gasteiger partial charge in [0, 0.05) is 13.0 Å². The third-order valence-corrected chi connectivity index (χ3v) is 2.60. The van der Waals surface area contributed by atoms with Crippen molar-refractivity contribution in [2.24, 2.45) is 0 Å². The number of halogens is 1. The zero-order valence-corrected chi connectivity index (χ0v) is 7.73. The Hall–Kier alpha value is -0.0100. The van der Waals surface area contributed by atoms with Gasteiger partial charge >= 0.3 is 0 Å². The number of allylic oxidation sites excluding steroid dienone is 1. The van der Waals surface area contributed by atoms with Gasteiger partial charge in [-0.2, -0.15) is 0 Å². The number of hydrogen-bond acceptors (Lipinski definition) is 1. The van der Waals surface area contributed by atoms with E-state index in [9.17, 15) is 0 Å². The second kappa shape index (κ2) is 4.13. The molecule has 11 heavy (non-hydrogen) atoms. The van der Waals surface area contributed by atoms with Gasteiger partial charge in [-0.1, -0.05) is 12.2 Å². The van der Waals surface area contributed by atoms with Gasteiger partial charge in [0.25, 0.3) is 0 Å². The molecule has 64 valence electrons. The van der Waals surface area contributed by atoms with Crippen LogP contribution in [-0.2, 0) is 4.74 Å². The van der Waals surface area contributed by atoms with Crippen LogP contribution in [0.2, 0.25) is 0 Å². The number of alkyl halides is 1. The molecule has 1 aliphatic rings. The molecule has 0 aromatic heterocycles. The van der Waals surface area contributed by atoms with E-state index in [1.807, 2.05) is 0 Å². The molecule has 0 saturated heterocycles. The summed E-state index contributed by atoms with van der Waals surface area (Å²) in [7, 11) is 1.78. The fraction of sp³-hybridized carbons (Fsp3) is 0.778. The predicted molar refractivity (Wildman–Crippen MR) is 48.1 cm³/mol. The fourth-order valence-corrected chi connectivity index (χ4v) is 1.90. The highest BCUT2D eigenvalue weighted by Gasteiger charge is 2.28. The topological polar surface area (TPSA) is 9.23 Å². The van der Waals surface area contributed by atoms with Gasteiger partial charge in [-0.15, -0.1) is 11.6 Å². The molecule has 1 atom stereocenters. The summed E-state index contributed by atoms with van der Waals surface area (Å²) in [6.07, 6.45) is 8.65. The Morgan fingerprint density at radius 3 is 2.82 bits per heavy atom. The molecule has 0 spiro atoms. The van der Waals surface area contributed by atoms with Gasteiger partial charge in [-0.25, -0.2) is 0 Å². The van der Waals surface area contributed by atoms with Crippen molar-refractivity contribution in [3.8, 4) is 0 Å². The normalized spacial score (nSPS) is 30.7. The lowest BCUT2D eigenvalue weighted by molar-refractivity contribution is -0.0196. The molecular formula is C9H15ClO. The van der Waals surface area contributed by atoms with Crippen LogP contribution in [0.3, 0.4) is 0 Å². The summed E-state index contributed by atoms with van der Waals surface area (Å²) in [6.45, 7) is 0. The van der Waals surface area contributed by atoms with Crippen molar-refractivity contribution in [3.63, 3.8) is 0 Å². The molecule has 0 heterocycles. The first-order chi connectivity index (χ1) is 5.33. The third-order valence-electron chi connectivity index (χ3n) is 2.41. The molecule has 1 unspecified atom stereocenters. The summed E-state index contributed by atoms with van der Waals surface area (Å²) in [4.78, 5) is 0. The van der Waals surface area contributed by atoms with E-state index in [2.05, 4.69) is 12.2 Å². The summed E-state index contributed by atoms with van der Waals surface area (Å²) in [6, 6.07) is 0. The second-order valence-electron chi connectivity index (χ2n) is 3.04. The molecule has 2 heteroatoms. The van der Waals surface area contributed by atoms with Crippen molar-refractivity contribution in [1.82, 2.24) is 0 Å². The Morgan fingerprint density at radius 2 is 2.36 bits per heavy atom. The molecule has 0 radical (unpaired) electrons. The number of methoxy groups -OCH3 is 1. The van der Waals surface area contributed by atoms with E-state index < -0.39 is 0 Å². The molecule has 0 saturated carbocycles. The first kappa shape index (κ1) is 9.08. The number of ether oxygens (including phenoxy) is 1. The van der Waals surface area contributed by atoms with Gasteiger partial charge < -0.3 is 4.74 Å². The standard InChI is InChI=1S/C9H15ClO/c1-11-9(7-8-10)5-3-2-4-6-9/h2-3H,4-8H2,1H3. The molecular weight excluding hydrogens is 160 g/mol. The summed E-state index contributed by atoms with van der Waals surface area (Å²) in [5, 5.41) is 0. The van der Waals surface area contributed by atoms with E-state index in [1.54, 1.807) is 7.11 Å². The van der Waals surface area contributed by atoms with Gasteiger partial charge in [0.15, 0.2) is 0 Å². The monoisotopic (exact) mass is 174 g/mol. The lowest BCUT2D eigenvalue weighted by Crippen LogP contribution is -2.32. The minimum absolute atomic E-state index is 0.0521. The predicted octanol–water partition coefficient (Wildman–Crippen LogP) is 2.74. The highest BCUT2D eigenvalue weighted by atomic mass is 35.5. The van der Waals surface area contributed by atoms with Crippen molar-refractivity contribution in [2.75, 3.05) is 13.0 Å². The molecule has 0 amide bonds. The Kier molecular flexibility index (Phi) is 3.41. The quantitative estimate of drug-likeness (QED) is 0.472. The van der Waals surface area contributed by atoms with Crippen molar-refractivity contribution in [1.29, 1.82) is 0 Å². The lowest BCUT2D eigenvalue weighted by atomic mass is 9.87. The maximum atomic E-state index is 5.70. The first-order valence-corrected chi connectivity index (χ1v) is 4.62. The Labute approximate surface area is 73.4 Å². The molecule has 1 rings (SSSR count). The van der Waals surface area contributed by atoms with Crippen LogP contribution in [0, 0.1) is 0 Å². The molecule has 0 aromatic rings. The maximum Gasteiger partial charge on any atom is 0.0727 e. The molecule has 0 aliphatic heterocycles. The van der Waals surface area contributed by atoms with Crippen LogP contribution in [0.25, 0.3) is 0 Å². The maximum absolute atomic E-state index is 5.70. The molecule has 1 nitrogen and oxygen atoms in total. The Morgan fingerprint density at radius 1 is 1.55 bits per heavy atom. The summed E-state index contributed by atoms with van der Waals surface area (Å²) >= 11 is 5.70. The Bertz CT molecular complexity index is 144. The van der Waals surface area contributed by atoms with Crippen molar-refractivity contribution >= 4 is 11.6 Å². The lowest BCUT2D eigenvalue weighted by Gasteiger charge is -2.32. The summed E-state index contributed by atoms with van der Waals surface area (Å²) < 4.78 is 5.48. The van der Waals surface area contributed by atoms with E-state index >= 15 is 0 Å². The van der Waals surface area contributed by atoms with Crippen LogP contribution < -0.4 is 0 Å². The third kappa shape index (κ3) is 2.21. The second-order valence-corrected chi connectivity index (χ2v) is 3.42. The van der Waals surface area contributed by atoms with Crippen LogP contribution in [0.4, 0.5) is 0 Å². The fourth-order valence-electron chi connectivity index (χ4n) is 1.55. The number of hydrogen-bond donors (Lipinski definition) is 0. The largest absolute Gasteiger partial charge is 0.378 e. The van der Waals surface area contributed by atoms with E-state index in [0.29, 0.717) is 5.88 Å². The minimum atomic E-state index is 0.0521. The first-order valence-electron chi connectivity index (χ1n) is 4.09. The van der Waals surface area contributed by atoms with Crippen molar-refractivity contribution in [2.45, 2.75) is 31.3 Å². The van der Waals surface area contributed by atoms with Crippen molar-refractivity contribution in [3.05, 3.63) is 12.2 Å². The van der Waals surface area contributed by atoms with Gasteiger partial charge in [-0.05, 0) is 25.7 Å². The molecule has 0 bridgehead atoms. The zero-order valence-electron chi connectivity index (χ0n) is 6.98. The van der Waals surface area contributed by atoms with Crippen LogP contribution >= 0.6 is 11.6 Å². The van der Waals surface area contributed by atoms with Gasteiger partial charge in [0.1, 0.15) is 0 Å². The average Bonchev–Trinajstić information content (AvgIpc) is 2.07. The summed E-state index contributed by atoms with van der Waals surface area (Å²) in [5.41, 5.74) is 0.0521. The smallest absolute Gasteiger partial charge is 0.0727 e. The SMILES string of the molecule is COC1(CCCl)CC=CCC1. The minimum Gasteiger partial charge on any atom is -0.378 e. The van der Waals surface area contributed by atoms with Crippen LogP contribution in [-0.4, -0.2) is 18.6 Å². The average molecular weight is 175 g/mol. The van der Waals surface area contributed by atoms with Gasteiger partial charge in [0.2, 0.25) is 0 Å². The molecule has 0 fully saturated rings. The highest BCUT2D eigenvalue weighted by Crippen LogP contribution is 2.30. The summed E-state index contributed by atoms with van der Waals surface area (Å²) in [5.74, 6) is 0.696. The van der Waals surface area contributed by atoms with Crippen LogP contribution in [0.5, 0.6) is 0 Å². The molecule has 0 aromatic carbocycles. The van der Waals surface area contributed by atoms with E-state index in [1.165, 1.54) is 0 Å². The van der Waals surface area contributed by atoms with Crippen molar-refractivity contribution < 1.29 is 4.74 Å². The van der Waals surface area contributed by atoms with E-state index in [-0.39, 0.29) is 5.60 Å². The van der Waals surface area contributed by atoms with Crippen LogP contribution in [0.15, 0.2) is 12.2 Å². The highest BCUT2D eigenvalue weighted by molar-refractivity contribution is 6.17. The van der Waals surface area contributed by atoms with Gasteiger partial charge in [-0.3, -0.25) is 0 Å². The molecule has 0 N–H and O–H groups in total. The van der Waals surface area contributed by atoms with Crippen LogP contribution in [0.1, 0.15) is 25.7 Å². The van der Waals surface area contributed by atoms with E-state index in [0.717, 1.165) is 25.7 Å². The zero-order chi connectivity index (χ0) is 8.16. The molecule has 1 aliphatic carbocycles. The number of rotatable bonds is 3. The van der Waals surface area contributed by atoms with E-state index in [4.69, 9.17) is 16.3 Å².